The average Bonchev–Trinajstić information content (AvgIpc) is 2.47. The summed E-state index contributed by atoms with van der Waals surface area (Å²) in [7, 11) is 0. The molecule has 98 valence electrons. The molecule has 0 aliphatic carbocycles. The van der Waals surface area contributed by atoms with Gasteiger partial charge in [-0.15, -0.1) is 0 Å². The van der Waals surface area contributed by atoms with Crippen LogP contribution in [-0.2, 0) is 23.1 Å². The summed E-state index contributed by atoms with van der Waals surface area (Å²) < 4.78 is 0. The van der Waals surface area contributed by atoms with Crippen LogP contribution in [0.3, 0.4) is 0 Å². The van der Waals surface area contributed by atoms with E-state index in [-0.39, 0.29) is 5.91 Å². The van der Waals surface area contributed by atoms with E-state index in [0.717, 1.165) is 16.5 Å². The fraction of sp³-hybridized carbons (Fsp3) is 0.188. The van der Waals surface area contributed by atoms with Gasteiger partial charge in [-0.05, 0) is 16.7 Å². The Labute approximate surface area is 122 Å². The molecule has 0 atom stereocenters. The second-order valence-corrected chi connectivity index (χ2v) is 4.95. The Balaban J connectivity index is 1.83. The molecule has 2 aromatic carbocycles. The summed E-state index contributed by atoms with van der Waals surface area (Å²) in [5, 5.41) is 3.79. The number of amides is 1. The van der Waals surface area contributed by atoms with E-state index in [1.54, 1.807) is 0 Å². The van der Waals surface area contributed by atoms with Crippen molar-refractivity contribution >= 4 is 21.8 Å². The maximum absolute atomic E-state index is 11.8. The molecule has 3 heteroatoms. The van der Waals surface area contributed by atoms with Gasteiger partial charge in [0.25, 0.3) is 0 Å². The van der Waals surface area contributed by atoms with E-state index < -0.39 is 0 Å². The summed E-state index contributed by atoms with van der Waals surface area (Å²) in [6.45, 7) is 0.578. The lowest BCUT2D eigenvalue weighted by Crippen LogP contribution is -2.24. The van der Waals surface area contributed by atoms with Gasteiger partial charge >= 0.3 is 0 Å². The van der Waals surface area contributed by atoms with Crippen LogP contribution in [0.25, 0.3) is 0 Å². The van der Waals surface area contributed by atoms with Crippen LogP contribution >= 0.6 is 15.9 Å². The molecule has 0 saturated heterocycles. The number of halogens is 1. The first-order chi connectivity index (χ1) is 9.28. The van der Waals surface area contributed by atoms with E-state index in [2.05, 4.69) is 33.4 Å². The lowest BCUT2D eigenvalue weighted by Gasteiger charge is -2.06. The number of carbonyl (C=O) groups is 1. The highest BCUT2D eigenvalue weighted by Gasteiger charge is 2.02. The molecule has 1 N–H and O–H groups in total. The standard InChI is InChI=1S/C16H16BrNO/c17-11-14-6-8-15(9-7-14)12-18-16(19)10-13-4-2-1-3-5-13/h1-9H,10-12H2,(H,18,19). The molecule has 0 radical (unpaired) electrons. The van der Waals surface area contributed by atoms with Crippen molar-refractivity contribution in [2.45, 2.75) is 18.3 Å². The zero-order valence-electron chi connectivity index (χ0n) is 10.6. The highest BCUT2D eigenvalue weighted by atomic mass is 79.9. The number of nitrogens with one attached hydrogen (secondary N) is 1. The number of hydrogen-bond donors (Lipinski definition) is 1. The molecule has 0 heterocycles. The molecule has 19 heavy (non-hydrogen) atoms. The van der Waals surface area contributed by atoms with Crippen molar-refractivity contribution < 1.29 is 4.79 Å². The second kappa shape index (κ2) is 7.10. The van der Waals surface area contributed by atoms with E-state index in [1.807, 2.05) is 42.5 Å². The number of rotatable bonds is 5. The minimum Gasteiger partial charge on any atom is -0.352 e. The Bertz CT molecular complexity index is 522. The summed E-state index contributed by atoms with van der Waals surface area (Å²) in [6, 6.07) is 18.0. The third kappa shape index (κ3) is 4.52. The first-order valence-electron chi connectivity index (χ1n) is 6.22. The molecule has 0 spiro atoms. The van der Waals surface area contributed by atoms with Gasteiger partial charge in [-0.1, -0.05) is 70.5 Å². The summed E-state index contributed by atoms with van der Waals surface area (Å²) in [4.78, 5) is 11.8. The minimum absolute atomic E-state index is 0.0516. The first-order valence-corrected chi connectivity index (χ1v) is 7.34. The Morgan fingerprint density at radius 3 is 2.16 bits per heavy atom. The maximum atomic E-state index is 11.8. The van der Waals surface area contributed by atoms with Gasteiger partial charge in [-0.25, -0.2) is 0 Å². The summed E-state index contributed by atoms with van der Waals surface area (Å²) in [5.74, 6) is 0.0516. The molecular weight excluding hydrogens is 302 g/mol. The van der Waals surface area contributed by atoms with E-state index >= 15 is 0 Å². The second-order valence-electron chi connectivity index (χ2n) is 4.39. The molecule has 0 aliphatic rings. The van der Waals surface area contributed by atoms with Crippen molar-refractivity contribution in [3.8, 4) is 0 Å². The van der Waals surface area contributed by atoms with E-state index in [9.17, 15) is 4.79 Å². The SMILES string of the molecule is O=C(Cc1ccccc1)NCc1ccc(CBr)cc1. The molecule has 0 fully saturated rings. The molecule has 2 rings (SSSR count). The number of carbonyl (C=O) groups excluding carboxylic acids is 1. The Kier molecular flexibility index (Phi) is 5.16. The lowest BCUT2D eigenvalue weighted by molar-refractivity contribution is -0.120. The molecule has 0 saturated carbocycles. The van der Waals surface area contributed by atoms with Gasteiger partial charge in [0.1, 0.15) is 0 Å². The molecule has 0 unspecified atom stereocenters. The van der Waals surface area contributed by atoms with Crippen LogP contribution in [0.2, 0.25) is 0 Å². The molecular formula is C16H16BrNO. The van der Waals surface area contributed by atoms with E-state index in [1.165, 1.54) is 5.56 Å². The van der Waals surface area contributed by atoms with Gasteiger partial charge in [-0.2, -0.15) is 0 Å². The van der Waals surface area contributed by atoms with E-state index in [0.29, 0.717) is 13.0 Å². The highest BCUT2D eigenvalue weighted by molar-refractivity contribution is 9.08. The highest BCUT2D eigenvalue weighted by Crippen LogP contribution is 2.08. The molecule has 2 aromatic rings. The van der Waals surface area contributed by atoms with Gasteiger partial charge in [0.15, 0.2) is 0 Å². The Morgan fingerprint density at radius 2 is 1.53 bits per heavy atom. The maximum Gasteiger partial charge on any atom is 0.224 e. The fourth-order valence-electron chi connectivity index (χ4n) is 1.79. The number of benzene rings is 2. The predicted molar refractivity (Wildman–Crippen MR) is 81.1 cm³/mol. The van der Waals surface area contributed by atoms with Crippen LogP contribution in [0, 0.1) is 0 Å². The average molecular weight is 318 g/mol. The topological polar surface area (TPSA) is 29.1 Å². The number of hydrogen-bond acceptors (Lipinski definition) is 1. The van der Waals surface area contributed by atoms with Crippen LogP contribution in [0.4, 0.5) is 0 Å². The largest absolute Gasteiger partial charge is 0.352 e. The normalized spacial score (nSPS) is 10.2. The third-order valence-corrected chi connectivity index (χ3v) is 3.52. The van der Waals surface area contributed by atoms with Crippen LogP contribution in [-0.4, -0.2) is 5.91 Å². The molecule has 0 aromatic heterocycles. The third-order valence-electron chi connectivity index (χ3n) is 2.87. The number of alkyl halides is 1. The van der Waals surface area contributed by atoms with Crippen molar-refractivity contribution in [1.82, 2.24) is 5.32 Å². The van der Waals surface area contributed by atoms with Gasteiger partial charge in [0.05, 0.1) is 6.42 Å². The van der Waals surface area contributed by atoms with Gasteiger partial charge in [-0.3, -0.25) is 4.79 Å². The zero-order chi connectivity index (χ0) is 13.5. The minimum atomic E-state index is 0.0516. The van der Waals surface area contributed by atoms with Crippen molar-refractivity contribution in [2.24, 2.45) is 0 Å². The van der Waals surface area contributed by atoms with E-state index in [4.69, 9.17) is 0 Å². The summed E-state index contributed by atoms with van der Waals surface area (Å²) in [5.41, 5.74) is 3.39. The lowest BCUT2D eigenvalue weighted by atomic mass is 10.1. The molecule has 1 amide bonds. The van der Waals surface area contributed by atoms with Crippen molar-refractivity contribution in [1.29, 1.82) is 0 Å². The van der Waals surface area contributed by atoms with Crippen molar-refractivity contribution in [2.75, 3.05) is 0 Å². The van der Waals surface area contributed by atoms with Gasteiger partial charge in [0, 0.05) is 11.9 Å². The van der Waals surface area contributed by atoms with Crippen molar-refractivity contribution in [3.63, 3.8) is 0 Å². The zero-order valence-corrected chi connectivity index (χ0v) is 12.2. The molecule has 0 aliphatic heterocycles. The van der Waals surface area contributed by atoms with Crippen LogP contribution in [0.15, 0.2) is 54.6 Å². The fourth-order valence-corrected chi connectivity index (χ4v) is 2.16. The molecule has 0 bridgehead atoms. The van der Waals surface area contributed by atoms with Gasteiger partial charge < -0.3 is 5.32 Å². The Hall–Kier alpha value is -1.61. The Morgan fingerprint density at radius 1 is 0.895 bits per heavy atom. The summed E-state index contributed by atoms with van der Waals surface area (Å²) in [6.07, 6.45) is 0.431. The van der Waals surface area contributed by atoms with Gasteiger partial charge in [0.2, 0.25) is 5.91 Å². The first kappa shape index (κ1) is 13.8. The summed E-state index contributed by atoms with van der Waals surface area (Å²) >= 11 is 3.41. The van der Waals surface area contributed by atoms with Crippen molar-refractivity contribution in [3.05, 3.63) is 71.3 Å². The molecule has 2 nitrogen and oxygen atoms in total. The van der Waals surface area contributed by atoms with Crippen LogP contribution in [0.1, 0.15) is 16.7 Å². The van der Waals surface area contributed by atoms with Crippen LogP contribution in [0.5, 0.6) is 0 Å². The monoisotopic (exact) mass is 317 g/mol. The smallest absolute Gasteiger partial charge is 0.224 e. The van der Waals surface area contributed by atoms with Crippen LogP contribution < -0.4 is 5.32 Å². The quantitative estimate of drug-likeness (QED) is 0.841. The predicted octanol–water partition coefficient (Wildman–Crippen LogP) is 3.44.